The number of hydrogen-bond donors (Lipinski definition) is 0. The van der Waals surface area contributed by atoms with Gasteiger partial charge in [0.25, 0.3) is 0 Å². The van der Waals surface area contributed by atoms with Crippen molar-refractivity contribution in [2.45, 2.75) is 0 Å². The second kappa shape index (κ2) is 9.46. The molecule has 0 saturated heterocycles. The Hall–Kier alpha value is -5.62. The van der Waals surface area contributed by atoms with E-state index in [0.29, 0.717) is 5.95 Å². The maximum Gasteiger partial charge on any atom is 0.235 e. The lowest BCUT2D eigenvalue weighted by Crippen LogP contribution is -2.03. The van der Waals surface area contributed by atoms with E-state index in [0.717, 1.165) is 32.4 Å². The molecule has 3 nitrogen and oxygen atoms in total. The summed E-state index contributed by atoms with van der Waals surface area (Å²) < 4.78 is 7.26. The van der Waals surface area contributed by atoms with Crippen molar-refractivity contribution in [3.8, 4) is 17.2 Å². The molecule has 0 aliphatic rings. The van der Waals surface area contributed by atoms with Crippen molar-refractivity contribution in [1.82, 2.24) is 14.5 Å². The average Bonchev–Trinajstić information content (AvgIpc) is 3.81. The molecule has 11 rings (SSSR count). The van der Waals surface area contributed by atoms with Crippen LogP contribution in [0.25, 0.3) is 101 Å². The number of para-hydroxylation sites is 1. The minimum atomic E-state index is 0.697. The number of rotatable bonds is 2. The largest absolute Gasteiger partial charge is 0.277 e. The van der Waals surface area contributed by atoms with E-state index in [2.05, 4.69) is 144 Å². The fourth-order valence-corrected chi connectivity index (χ4v) is 9.93. The van der Waals surface area contributed by atoms with Gasteiger partial charge >= 0.3 is 0 Å². The van der Waals surface area contributed by atoms with E-state index >= 15 is 0 Å². The van der Waals surface area contributed by atoms with Crippen molar-refractivity contribution in [1.29, 1.82) is 0 Å². The minimum absolute atomic E-state index is 0.697. The average molecular weight is 634 g/mol. The molecule has 0 saturated carbocycles. The zero-order chi connectivity index (χ0) is 30.6. The van der Waals surface area contributed by atoms with Crippen LogP contribution >= 0.6 is 22.7 Å². The molecule has 0 bridgehead atoms. The maximum atomic E-state index is 5.53. The summed E-state index contributed by atoms with van der Waals surface area (Å²) in [6.45, 7) is 0. The Morgan fingerprint density at radius 1 is 0.468 bits per heavy atom. The van der Waals surface area contributed by atoms with Crippen molar-refractivity contribution < 1.29 is 0 Å². The molecular weight excluding hydrogens is 611 g/mol. The van der Waals surface area contributed by atoms with E-state index in [-0.39, 0.29) is 0 Å². The van der Waals surface area contributed by atoms with Crippen LogP contribution in [0.3, 0.4) is 0 Å². The smallest absolute Gasteiger partial charge is 0.235 e. The quantitative estimate of drug-likeness (QED) is 0.190. The van der Waals surface area contributed by atoms with Crippen molar-refractivity contribution in [3.63, 3.8) is 0 Å². The normalized spacial score (nSPS) is 12.3. The lowest BCUT2D eigenvalue weighted by molar-refractivity contribution is 1.02. The zero-order valence-corrected chi connectivity index (χ0v) is 26.6. The van der Waals surface area contributed by atoms with E-state index in [1.54, 1.807) is 11.3 Å². The number of fused-ring (bicyclic) bond motifs is 14. The van der Waals surface area contributed by atoms with Crippen molar-refractivity contribution in [3.05, 3.63) is 140 Å². The van der Waals surface area contributed by atoms with Gasteiger partial charge in [-0.25, -0.2) is 9.97 Å². The summed E-state index contributed by atoms with van der Waals surface area (Å²) in [7, 11) is 0. The highest BCUT2D eigenvalue weighted by Gasteiger charge is 2.24. The molecule has 7 aromatic carbocycles. The van der Waals surface area contributed by atoms with Crippen molar-refractivity contribution in [2.75, 3.05) is 0 Å². The molecule has 11 aromatic rings. The lowest BCUT2D eigenvalue weighted by Gasteiger charge is -2.12. The molecule has 0 atom stereocenters. The number of nitrogens with zero attached hydrogens (tertiary/aromatic N) is 3. The van der Waals surface area contributed by atoms with Crippen molar-refractivity contribution in [2.24, 2.45) is 0 Å². The number of aromatic nitrogens is 3. The third-order valence-corrected chi connectivity index (χ3v) is 11.9. The van der Waals surface area contributed by atoms with E-state index in [4.69, 9.17) is 9.97 Å². The van der Waals surface area contributed by atoms with E-state index in [1.165, 1.54) is 62.7 Å². The summed E-state index contributed by atoms with van der Waals surface area (Å²) in [6, 6.07) is 50.3. The second-order valence-corrected chi connectivity index (χ2v) is 14.2. The molecule has 0 amide bonds. The summed E-state index contributed by atoms with van der Waals surface area (Å²) in [5.41, 5.74) is 5.34. The Morgan fingerprint density at radius 3 is 1.96 bits per heavy atom. The van der Waals surface area contributed by atoms with Gasteiger partial charge in [-0.05, 0) is 40.4 Å². The third-order valence-electron chi connectivity index (χ3n) is 9.58. The third kappa shape index (κ3) is 3.50. The first-order valence-electron chi connectivity index (χ1n) is 15.8. The fraction of sp³-hybridized carbons (Fsp3) is 0. The fourth-order valence-electron chi connectivity index (χ4n) is 7.54. The van der Waals surface area contributed by atoms with Gasteiger partial charge in [0.2, 0.25) is 5.95 Å². The first-order valence-corrected chi connectivity index (χ1v) is 17.4. The Bertz CT molecular complexity index is 3090. The summed E-state index contributed by atoms with van der Waals surface area (Å²) >= 11 is 3.65. The number of thiophene rings is 2. The molecule has 4 heterocycles. The topological polar surface area (TPSA) is 30.7 Å². The summed E-state index contributed by atoms with van der Waals surface area (Å²) in [5, 5.41) is 11.1. The van der Waals surface area contributed by atoms with Gasteiger partial charge in [-0.2, -0.15) is 0 Å². The number of benzene rings is 7. The van der Waals surface area contributed by atoms with Crippen LogP contribution in [0.1, 0.15) is 0 Å². The van der Waals surface area contributed by atoms with Gasteiger partial charge in [-0.1, -0.05) is 115 Å². The van der Waals surface area contributed by atoms with Crippen LogP contribution in [0.2, 0.25) is 0 Å². The van der Waals surface area contributed by atoms with Crippen LogP contribution in [-0.4, -0.2) is 14.5 Å². The highest BCUT2D eigenvalue weighted by Crippen LogP contribution is 2.48. The van der Waals surface area contributed by atoms with Crippen LogP contribution in [-0.2, 0) is 0 Å². The molecule has 0 unspecified atom stereocenters. The Labute approximate surface area is 276 Å². The molecule has 5 heteroatoms. The van der Waals surface area contributed by atoms with Gasteiger partial charge in [0.1, 0.15) is 0 Å². The summed E-state index contributed by atoms with van der Waals surface area (Å²) in [4.78, 5) is 11.0. The first-order chi connectivity index (χ1) is 23.3. The van der Waals surface area contributed by atoms with E-state index < -0.39 is 0 Å². The van der Waals surface area contributed by atoms with Gasteiger partial charge in [0.15, 0.2) is 0 Å². The highest BCUT2D eigenvalue weighted by atomic mass is 32.1. The van der Waals surface area contributed by atoms with Gasteiger partial charge in [-0.3, -0.25) is 4.57 Å². The van der Waals surface area contributed by atoms with E-state index in [9.17, 15) is 0 Å². The molecule has 4 aromatic heterocycles. The Balaban J connectivity index is 1.37. The van der Waals surface area contributed by atoms with Crippen LogP contribution in [0.15, 0.2) is 140 Å². The monoisotopic (exact) mass is 633 g/mol. The van der Waals surface area contributed by atoms with Gasteiger partial charge < -0.3 is 0 Å². The molecule has 0 N–H and O–H groups in total. The maximum absolute atomic E-state index is 5.53. The van der Waals surface area contributed by atoms with Crippen LogP contribution < -0.4 is 0 Å². The summed E-state index contributed by atoms with van der Waals surface area (Å²) in [6.07, 6.45) is 0. The highest BCUT2D eigenvalue weighted by molar-refractivity contribution is 7.27. The Morgan fingerprint density at radius 2 is 1.11 bits per heavy atom. The predicted octanol–water partition coefficient (Wildman–Crippen LogP) is 12.3. The lowest BCUT2D eigenvalue weighted by atomic mass is 10.00. The molecule has 0 aliphatic heterocycles. The molecule has 0 spiro atoms. The van der Waals surface area contributed by atoms with Crippen molar-refractivity contribution >= 4 is 106 Å². The van der Waals surface area contributed by atoms with Gasteiger partial charge in [-0.15, -0.1) is 22.7 Å². The van der Waals surface area contributed by atoms with Crippen LogP contribution in [0.4, 0.5) is 0 Å². The molecule has 0 radical (unpaired) electrons. The first kappa shape index (κ1) is 25.6. The minimum Gasteiger partial charge on any atom is -0.277 e. The zero-order valence-electron chi connectivity index (χ0n) is 24.9. The molecular formula is C42H23N3S2. The molecule has 47 heavy (non-hydrogen) atoms. The molecule has 0 fully saturated rings. The van der Waals surface area contributed by atoms with Gasteiger partial charge in [0, 0.05) is 52.0 Å². The van der Waals surface area contributed by atoms with Gasteiger partial charge in [0.05, 0.1) is 26.9 Å². The molecule has 218 valence electrons. The van der Waals surface area contributed by atoms with E-state index in [1.807, 2.05) is 11.3 Å². The number of hydrogen-bond acceptors (Lipinski definition) is 4. The van der Waals surface area contributed by atoms with Crippen LogP contribution in [0.5, 0.6) is 0 Å². The standard InChI is InChI=1S/C42H23N3S2/c1-2-12-25-23-26(22-21-24(25)11-1)37-41-38(31-17-7-10-20-34(31)47-41)44-42(43-37)45-32-18-8-5-15-29(32)35-27-13-3-4-14-28(27)40-36(39(35)45)30-16-6-9-19-33(30)46-40/h1-23H. The summed E-state index contributed by atoms with van der Waals surface area (Å²) in [5.74, 6) is 0.697. The second-order valence-electron chi connectivity index (χ2n) is 12.1. The van der Waals surface area contributed by atoms with Crippen LogP contribution in [0, 0.1) is 0 Å². The predicted molar refractivity (Wildman–Crippen MR) is 203 cm³/mol. The SMILES string of the molecule is c1ccc2cc(-c3nc(-n4c5ccccc5c5c6ccccc6c6sc7ccccc7c6c54)nc4c3sc3ccccc34)ccc2c1. The Kier molecular flexibility index (Phi) is 5.14. The molecule has 0 aliphatic carbocycles.